The average Bonchev–Trinajstić information content (AvgIpc) is 2.99. The van der Waals surface area contributed by atoms with Crippen LogP contribution in [-0.4, -0.2) is 12.5 Å². The number of hydrogen-bond acceptors (Lipinski definition) is 2. The molecule has 3 aromatic rings. The van der Waals surface area contributed by atoms with Crippen molar-refractivity contribution >= 4 is 23.2 Å². The van der Waals surface area contributed by atoms with Gasteiger partial charge in [0.1, 0.15) is 12.4 Å². The monoisotopic (exact) mass is 355 g/mol. The topological polar surface area (TPSA) is 29.5 Å². The molecular weight excluding hydrogens is 334 g/mol. The number of nitrogens with zero attached hydrogens (tertiary/aromatic N) is 1. The molecule has 0 saturated heterocycles. The molecule has 0 aliphatic carbocycles. The first kappa shape index (κ1) is 17.1. The molecule has 0 bridgehead atoms. The highest BCUT2D eigenvalue weighted by Gasteiger charge is 2.30. The zero-order valence-corrected chi connectivity index (χ0v) is 15.3. The molecule has 0 atom stereocenters. The molecule has 1 aliphatic heterocycles. The number of rotatable bonds is 5. The molecule has 0 N–H and O–H groups in total. The van der Waals surface area contributed by atoms with Crippen LogP contribution < -0.4 is 9.64 Å². The van der Waals surface area contributed by atoms with Gasteiger partial charge in [0, 0.05) is 17.7 Å². The minimum atomic E-state index is 0.0584. The number of ether oxygens (including phenoxy) is 1. The van der Waals surface area contributed by atoms with E-state index in [1.54, 1.807) is 0 Å². The second-order valence-electron chi connectivity index (χ2n) is 6.47. The third-order valence-electron chi connectivity index (χ3n) is 4.72. The summed E-state index contributed by atoms with van der Waals surface area (Å²) in [5, 5.41) is 0. The van der Waals surface area contributed by atoms with E-state index >= 15 is 0 Å². The average molecular weight is 355 g/mol. The lowest BCUT2D eigenvalue weighted by Gasteiger charge is -2.13. The number of likely N-dealkylation sites (N-methyl/N-ethyl adjacent to an activating group) is 1. The van der Waals surface area contributed by atoms with Crippen LogP contribution in [0.15, 0.2) is 78.9 Å². The Morgan fingerprint density at radius 2 is 1.59 bits per heavy atom. The maximum absolute atomic E-state index is 12.8. The van der Waals surface area contributed by atoms with Crippen molar-refractivity contribution < 1.29 is 9.53 Å². The van der Waals surface area contributed by atoms with Gasteiger partial charge in [-0.1, -0.05) is 60.7 Å². The van der Waals surface area contributed by atoms with Crippen molar-refractivity contribution in [3.63, 3.8) is 0 Å². The lowest BCUT2D eigenvalue weighted by molar-refractivity contribution is -0.112. The molecule has 27 heavy (non-hydrogen) atoms. The first-order valence-corrected chi connectivity index (χ1v) is 9.16. The van der Waals surface area contributed by atoms with Crippen LogP contribution >= 0.6 is 0 Å². The Morgan fingerprint density at radius 3 is 2.33 bits per heavy atom. The number of hydrogen-bond donors (Lipinski definition) is 0. The van der Waals surface area contributed by atoms with Gasteiger partial charge in [-0.25, -0.2) is 0 Å². The predicted molar refractivity (Wildman–Crippen MR) is 110 cm³/mol. The van der Waals surface area contributed by atoms with E-state index in [-0.39, 0.29) is 5.91 Å². The van der Waals surface area contributed by atoms with E-state index in [2.05, 4.69) is 0 Å². The van der Waals surface area contributed by atoms with Gasteiger partial charge in [-0.05, 0) is 42.3 Å². The highest BCUT2D eigenvalue weighted by Crippen LogP contribution is 2.37. The SMILES string of the molecule is CCN1C(=O)/C(=C\c2ccc(OCc3ccccc3)cc2)c2ccccc21. The summed E-state index contributed by atoms with van der Waals surface area (Å²) < 4.78 is 5.83. The molecule has 4 rings (SSSR count). The summed E-state index contributed by atoms with van der Waals surface area (Å²) in [6.07, 6.45) is 1.96. The molecule has 134 valence electrons. The van der Waals surface area contributed by atoms with Gasteiger partial charge in [0.15, 0.2) is 0 Å². The molecule has 0 fully saturated rings. The largest absolute Gasteiger partial charge is 0.489 e. The van der Waals surface area contributed by atoms with E-state index in [9.17, 15) is 4.79 Å². The second kappa shape index (κ2) is 7.50. The van der Waals surface area contributed by atoms with E-state index in [0.29, 0.717) is 13.2 Å². The van der Waals surface area contributed by atoms with Gasteiger partial charge < -0.3 is 9.64 Å². The van der Waals surface area contributed by atoms with Crippen molar-refractivity contribution in [1.29, 1.82) is 0 Å². The van der Waals surface area contributed by atoms with Gasteiger partial charge in [-0.2, -0.15) is 0 Å². The fourth-order valence-corrected chi connectivity index (χ4v) is 3.33. The van der Waals surface area contributed by atoms with Gasteiger partial charge in [0.25, 0.3) is 5.91 Å². The fraction of sp³-hybridized carbons (Fsp3) is 0.125. The molecular formula is C24H21NO2. The van der Waals surface area contributed by atoms with Crippen molar-refractivity contribution in [3.8, 4) is 5.75 Å². The quantitative estimate of drug-likeness (QED) is 0.591. The molecule has 1 amide bonds. The number of fused-ring (bicyclic) bond motifs is 1. The maximum atomic E-state index is 12.8. The lowest BCUT2D eigenvalue weighted by Crippen LogP contribution is -2.25. The third kappa shape index (κ3) is 3.49. The summed E-state index contributed by atoms with van der Waals surface area (Å²) in [6, 6.07) is 25.9. The van der Waals surface area contributed by atoms with Crippen LogP contribution in [0.4, 0.5) is 5.69 Å². The first-order chi connectivity index (χ1) is 13.3. The molecule has 0 aromatic heterocycles. The molecule has 1 aliphatic rings. The van der Waals surface area contributed by atoms with Crippen molar-refractivity contribution in [2.24, 2.45) is 0 Å². The summed E-state index contributed by atoms with van der Waals surface area (Å²) >= 11 is 0. The van der Waals surface area contributed by atoms with Crippen LogP contribution in [0, 0.1) is 0 Å². The molecule has 0 radical (unpaired) electrons. The van der Waals surface area contributed by atoms with Crippen LogP contribution in [-0.2, 0) is 11.4 Å². The molecule has 0 saturated carbocycles. The summed E-state index contributed by atoms with van der Waals surface area (Å²) in [4.78, 5) is 14.6. The Balaban J connectivity index is 1.53. The summed E-state index contributed by atoms with van der Waals surface area (Å²) in [5.41, 5.74) is 4.84. The Bertz CT molecular complexity index is 975. The highest BCUT2D eigenvalue weighted by molar-refractivity contribution is 6.35. The van der Waals surface area contributed by atoms with Crippen LogP contribution in [0.25, 0.3) is 11.6 Å². The Morgan fingerprint density at radius 1 is 0.889 bits per heavy atom. The normalized spacial score (nSPS) is 14.5. The van der Waals surface area contributed by atoms with Gasteiger partial charge in [-0.3, -0.25) is 4.79 Å². The highest BCUT2D eigenvalue weighted by atomic mass is 16.5. The number of anilines is 1. The van der Waals surface area contributed by atoms with Crippen LogP contribution in [0.5, 0.6) is 5.75 Å². The smallest absolute Gasteiger partial charge is 0.258 e. The molecule has 3 heteroatoms. The van der Waals surface area contributed by atoms with E-state index in [4.69, 9.17) is 4.74 Å². The Labute approximate surface area is 159 Å². The summed E-state index contributed by atoms with van der Waals surface area (Å²) in [6.45, 7) is 3.20. The standard InChI is InChI=1S/C24H21NO2/c1-2-25-23-11-7-6-10-21(23)22(24(25)26)16-18-12-14-20(15-13-18)27-17-19-8-4-3-5-9-19/h3-16H,2,17H2,1H3/b22-16-. The lowest BCUT2D eigenvalue weighted by atomic mass is 10.0. The number of carbonyl (C=O) groups excluding carboxylic acids is 1. The van der Waals surface area contributed by atoms with Crippen LogP contribution in [0.1, 0.15) is 23.6 Å². The number of amides is 1. The molecule has 0 spiro atoms. The van der Waals surface area contributed by atoms with Crippen LogP contribution in [0.3, 0.4) is 0 Å². The van der Waals surface area contributed by atoms with Crippen LogP contribution in [0.2, 0.25) is 0 Å². The van der Waals surface area contributed by atoms with Crippen molar-refractivity contribution in [2.45, 2.75) is 13.5 Å². The minimum Gasteiger partial charge on any atom is -0.489 e. The Kier molecular flexibility index (Phi) is 4.75. The zero-order valence-electron chi connectivity index (χ0n) is 15.3. The van der Waals surface area contributed by atoms with E-state index in [1.165, 1.54) is 0 Å². The number of benzene rings is 3. The molecule has 1 heterocycles. The fourth-order valence-electron chi connectivity index (χ4n) is 3.33. The minimum absolute atomic E-state index is 0.0584. The van der Waals surface area contributed by atoms with E-state index < -0.39 is 0 Å². The molecule has 0 unspecified atom stereocenters. The van der Waals surface area contributed by atoms with Gasteiger partial charge in [0.2, 0.25) is 0 Å². The molecule has 3 aromatic carbocycles. The second-order valence-corrected chi connectivity index (χ2v) is 6.47. The zero-order chi connectivity index (χ0) is 18.6. The third-order valence-corrected chi connectivity index (χ3v) is 4.72. The summed E-state index contributed by atoms with van der Waals surface area (Å²) in [7, 11) is 0. The maximum Gasteiger partial charge on any atom is 0.258 e. The van der Waals surface area contributed by atoms with Gasteiger partial charge in [-0.15, -0.1) is 0 Å². The number of carbonyl (C=O) groups is 1. The van der Waals surface area contributed by atoms with E-state index in [1.807, 2.05) is 96.8 Å². The van der Waals surface area contributed by atoms with E-state index in [0.717, 1.165) is 33.7 Å². The number of para-hydroxylation sites is 1. The van der Waals surface area contributed by atoms with Gasteiger partial charge in [0.05, 0.1) is 5.69 Å². The van der Waals surface area contributed by atoms with Crippen molar-refractivity contribution in [3.05, 3.63) is 95.6 Å². The Hall–Kier alpha value is -3.33. The van der Waals surface area contributed by atoms with Crippen molar-refractivity contribution in [1.82, 2.24) is 0 Å². The van der Waals surface area contributed by atoms with Gasteiger partial charge >= 0.3 is 0 Å². The summed E-state index contributed by atoms with van der Waals surface area (Å²) in [5.74, 6) is 0.873. The first-order valence-electron chi connectivity index (χ1n) is 9.16. The predicted octanol–water partition coefficient (Wildman–Crippen LogP) is 5.17. The van der Waals surface area contributed by atoms with Crippen molar-refractivity contribution in [2.75, 3.05) is 11.4 Å². The molecule has 3 nitrogen and oxygen atoms in total.